The summed E-state index contributed by atoms with van der Waals surface area (Å²) in [6.45, 7) is 8.46. The summed E-state index contributed by atoms with van der Waals surface area (Å²) in [5, 5.41) is 10.9. The Labute approximate surface area is 126 Å². The number of Topliss-reactive ketones (excluding diaryl/α,β-unsaturated/α-hetero) is 1. The summed E-state index contributed by atoms with van der Waals surface area (Å²) in [7, 11) is 0. The van der Waals surface area contributed by atoms with Gasteiger partial charge in [0.1, 0.15) is 0 Å². The van der Waals surface area contributed by atoms with E-state index in [9.17, 15) is 9.90 Å². The number of rotatable bonds is 0. The monoisotopic (exact) mass is 290 g/mol. The number of carbonyl (C=O) groups excluding carboxylic acids is 1. The maximum Gasteiger partial charge on any atom is 0.175 e. The molecule has 4 rings (SSSR count). The van der Waals surface area contributed by atoms with Crippen molar-refractivity contribution in [2.45, 2.75) is 71.2 Å². The van der Waals surface area contributed by atoms with Crippen LogP contribution in [0.25, 0.3) is 0 Å². The molecule has 116 valence electrons. The lowest BCUT2D eigenvalue weighted by molar-refractivity contribution is -0.173. The average Bonchev–Trinajstić information content (AvgIpc) is 3.09. The van der Waals surface area contributed by atoms with Crippen LogP contribution in [0.3, 0.4) is 0 Å². The van der Waals surface area contributed by atoms with Crippen LogP contribution in [0.1, 0.15) is 53.4 Å². The lowest BCUT2D eigenvalue weighted by Gasteiger charge is -2.60. The standard InChI is InChI=1S/C18H26O3/c1-10-6-5-7-16(2)11(10)8-13(19)17(3)12(16)9-14-18(4,21-14)15(17)20/h6,11-14,19H,5,7-9H2,1-4H3/t11-,12+,13-,14-,16-,17-,18-/m0/s1. The van der Waals surface area contributed by atoms with Gasteiger partial charge in [-0.1, -0.05) is 18.6 Å². The zero-order valence-electron chi connectivity index (χ0n) is 13.5. The minimum absolute atomic E-state index is 0.0806. The van der Waals surface area contributed by atoms with Gasteiger partial charge in [0.05, 0.1) is 17.6 Å². The molecular formula is C18H26O3. The second-order valence-corrected chi connectivity index (χ2v) is 8.41. The molecule has 0 aromatic carbocycles. The molecule has 1 N–H and O–H groups in total. The van der Waals surface area contributed by atoms with Gasteiger partial charge >= 0.3 is 0 Å². The third-order valence-corrected chi connectivity index (χ3v) is 7.50. The summed E-state index contributed by atoms with van der Waals surface area (Å²) in [6, 6.07) is 0. The molecule has 0 amide bonds. The molecule has 0 radical (unpaired) electrons. The van der Waals surface area contributed by atoms with E-state index in [2.05, 4.69) is 19.9 Å². The van der Waals surface area contributed by atoms with Crippen molar-refractivity contribution in [1.82, 2.24) is 0 Å². The highest BCUT2D eigenvalue weighted by molar-refractivity contribution is 5.97. The van der Waals surface area contributed by atoms with Crippen LogP contribution in [-0.2, 0) is 9.53 Å². The lowest BCUT2D eigenvalue weighted by atomic mass is 9.43. The molecule has 0 aromatic heterocycles. The first-order chi connectivity index (χ1) is 9.74. The van der Waals surface area contributed by atoms with Crippen molar-refractivity contribution in [3.63, 3.8) is 0 Å². The summed E-state index contributed by atoms with van der Waals surface area (Å²) in [5.74, 6) is 0.793. The predicted molar refractivity (Wildman–Crippen MR) is 79.7 cm³/mol. The molecule has 21 heavy (non-hydrogen) atoms. The molecule has 1 saturated heterocycles. The number of aliphatic hydroxyl groups excluding tert-OH is 1. The van der Waals surface area contributed by atoms with Gasteiger partial charge in [-0.25, -0.2) is 0 Å². The fourth-order valence-electron chi connectivity index (χ4n) is 6.01. The third kappa shape index (κ3) is 1.45. The topological polar surface area (TPSA) is 49.8 Å². The Bertz CT molecular complexity index is 553. The van der Waals surface area contributed by atoms with Crippen LogP contribution in [0.2, 0.25) is 0 Å². The predicted octanol–water partition coefficient (Wildman–Crippen LogP) is 2.87. The van der Waals surface area contributed by atoms with Gasteiger partial charge in [-0.3, -0.25) is 4.79 Å². The second-order valence-electron chi connectivity index (χ2n) is 8.41. The first-order valence-electron chi connectivity index (χ1n) is 8.32. The number of ketones is 1. The summed E-state index contributed by atoms with van der Waals surface area (Å²) in [6.07, 6.45) is 5.73. The molecule has 2 saturated carbocycles. The van der Waals surface area contributed by atoms with Crippen LogP contribution in [0, 0.1) is 22.7 Å². The maximum atomic E-state index is 13.1. The van der Waals surface area contributed by atoms with E-state index in [4.69, 9.17) is 4.74 Å². The molecule has 1 heterocycles. The van der Waals surface area contributed by atoms with E-state index in [0.717, 1.165) is 25.7 Å². The maximum absolute atomic E-state index is 13.1. The Kier molecular flexibility index (Phi) is 2.53. The number of allylic oxidation sites excluding steroid dienone is 2. The lowest BCUT2D eigenvalue weighted by Crippen LogP contribution is -2.64. The molecule has 3 aliphatic carbocycles. The highest BCUT2D eigenvalue weighted by Gasteiger charge is 2.74. The van der Waals surface area contributed by atoms with Crippen molar-refractivity contribution in [1.29, 1.82) is 0 Å². The minimum Gasteiger partial charge on any atom is -0.392 e. The highest BCUT2D eigenvalue weighted by atomic mass is 16.6. The second kappa shape index (κ2) is 3.80. The van der Waals surface area contributed by atoms with Crippen LogP contribution in [-0.4, -0.2) is 28.7 Å². The van der Waals surface area contributed by atoms with Crippen LogP contribution in [0.4, 0.5) is 0 Å². The van der Waals surface area contributed by atoms with E-state index >= 15 is 0 Å². The quantitative estimate of drug-likeness (QED) is 0.551. The van der Waals surface area contributed by atoms with Gasteiger partial charge < -0.3 is 9.84 Å². The number of fused-ring (bicyclic) bond motifs is 4. The zero-order chi connectivity index (χ0) is 15.2. The molecule has 7 atom stereocenters. The summed E-state index contributed by atoms with van der Waals surface area (Å²) in [4.78, 5) is 13.1. The van der Waals surface area contributed by atoms with Crippen LogP contribution < -0.4 is 0 Å². The third-order valence-electron chi connectivity index (χ3n) is 7.50. The molecule has 3 heteroatoms. The fraction of sp³-hybridized carbons (Fsp3) is 0.833. The zero-order valence-corrected chi connectivity index (χ0v) is 13.5. The summed E-state index contributed by atoms with van der Waals surface area (Å²) in [5.41, 5.74) is 0.275. The fourth-order valence-corrected chi connectivity index (χ4v) is 6.01. The van der Waals surface area contributed by atoms with Crippen LogP contribution in [0.15, 0.2) is 11.6 Å². The summed E-state index contributed by atoms with van der Waals surface area (Å²) >= 11 is 0. The van der Waals surface area contributed by atoms with E-state index in [1.165, 1.54) is 5.57 Å². The van der Waals surface area contributed by atoms with Gasteiger partial charge in [0.25, 0.3) is 0 Å². The first-order valence-corrected chi connectivity index (χ1v) is 8.32. The van der Waals surface area contributed by atoms with Crippen LogP contribution >= 0.6 is 0 Å². The molecule has 1 aliphatic heterocycles. The van der Waals surface area contributed by atoms with E-state index in [1.54, 1.807) is 0 Å². The Balaban J connectivity index is 1.82. The Hall–Kier alpha value is -0.670. The van der Waals surface area contributed by atoms with Crippen molar-refractivity contribution in [2.75, 3.05) is 0 Å². The molecule has 0 bridgehead atoms. The largest absolute Gasteiger partial charge is 0.392 e. The van der Waals surface area contributed by atoms with Crippen molar-refractivity contribution < 1.29 is 14.6 Å². The molecular weight excluding hydrogens is 264 g/mol. The van der Waals surface area contributed by atoms with Gasteiger partial charge in [0, 0.05) is 0 Å². The number of ether oxygens (including phenoxy) is 1. The number of hydrogen-bond acceptors (Lipinski definition) is 3. The minimum atomic E-state index is -0.634. The normalized spacial score (nSPS) is 58.7. The Morgan fingerprint density at radius 1 is 1.29 bits per heavy atom. The number of hydrogen-bond donors (Lipinski definition) is 1. The van der Waals surface area contributed by atoms with Gasteiger partial charge in [-0.15, -0.1) is 0 Å². The van der Waals surface area contributed by atoms with Crippen LogP contribution in [0.5, 0.6) is 0 Å². The molecule has 0 spiro atoms. The SMILES string of the molecule is CC1=CCC[C@]2(C)[C@H]3C[C@@H]4O[C@]4(C)C(=O)[C@]3(C)[C@@H](O)C[C@@H]12. The number of aliphatic hydroxyl groups is 1. The molecule has 4 aliphatic rings. The molecule has 0 unspecified atom stereocenters. The van der Waals surface area contributed by atoms with Crippen molar-refractivity contribution in [3.8, 4) is 0 Å². The van der Waals surface area contributed by atoms with E-state index in [1.807, 2.05) is 13.8 Å². The van der Waals surface area contributed by atoms with Gasteiger partial charge in [0.2, 0.25) is 0 Å². The molecule has 3 fully saturated rings. The number of carbonyl (C=O) groups is 1. The smallest absolute Gasteiger partial charge is 0.175 e. The van der Waals surface area contributed by atoms with Gasteiger partial charge in [-0.05, 0) is 63.7 Å². The Morgan fingerprint density at radius 2 is 2.00 bits per heavy atom. The van der Waals surface area contributed by atoms with E-state index in [-0.39, 0.29) is 23.2 Å². The van der Waals surface area contributed by atoms with Gasteiger partial charge in [0.15, 0.2) is 11.4 Å². The Morgan fingerprint density at radius 3 is 2.71 bits per heavy atom. The highest BCUT2D eigenvalue weighted by Crippen LogP contribution is 2.67. The van der Waals surface area contributed by atoms with E-state index < -0.39 is 17.1 Å². The van der Waals surface area contributed by atoms with Crippen molar-refractivity contribution in [2.24, 2.45) is 22.7 Å². The molecule has 0 aromatic rings. The van der Waals surface area contributed by atoms with Gasteiger partial charge in [-0.2, -0.15) is 0 Å². The number of epoxide rings is 1. The first kappa shape index (κ1) is 14.0. The van der Waals surface area contributed by atoms with Crippen molar-refractivity contribution >= 4 is 5.78 Å². The van der Waals surface area contributed by atoms with Crippen molar-refractivity contribution in [3.05, 3.63) is 11.6 Å². The van der Waals surface area contributed by atoms with E-state index in [0.29, 0.717) is 5.92 Å². The average molecular weight is 290 g/mol. The summed E-state index contributed by atoms with van der Waals surface area (Å²) < 4.78 is 5.76. The molecule has 3 nitrogen and oxygen atoms in total.